The number of aromatic hydroxyl groups is 1. The summed E-state index contributed by atoms with van der Waals surface area (Å²) in [6, 6.07) is 4.57. The number of benzene rings is 1. The van der Waals surface area contributed by atoms with Gasteiger partial charge in [-0.2, -0.15) is 0 Å². The standard InChI is InChI=1S/C14H17N3O3S2/c1-9-16-17-14(22-9)21-7-3-6-15-13(19)11-8-10(20-2)4-5-12(11)18/h4-5,8,18H,3,6-7H2,1-2H3,(H,15,19). The lowest BCUT2D eigenvalue weighted by molar-refractivity contribution is 0.0951. The molecule has 0 aliphatic rings. The lowest BCUT2D eigenvalue weighted by Gasteiger charge is -2.08. The summed E-state index contributed by atoms with van der Waals surface area (Å²) in [4.78, 5) is 12.0. The van der Waals surface area contributed by atoms with Gasteiger partial charge < -0.3 is 15.2 Å². The van der Waals surface area contributed by atoms with Crippen molar-refractivity contribution < 1.29 is 14.6 Å². The van der Waals surface area contributed by atoms with Crippen LogP contribution in [0.3, 0.4) is 0 Å². The number of amides is 1. The second-order valence-corrected chi connectivity index (χ2v) is 6.95. The number of nitrogens with one attached hydrogen (secondary N) is 1. The van der Waals surface area contributed by atoms with E-state index in [4.69, 9.17) is 4.74 Å². The van der Waals surface area contributed by atoms with Crippen molar-refractivity contribution in [3.8, 4) is 11.5 Å². The van der Waals surface area contributed by atoms with E-state index in [-0.39, 0.29) is 17.2 Å². The molecule has 0 fully saturated rings. The zero-order chi connectivity index (χ0) is 15.9. The average molecular weight is 339 g/mol. The fourth-order valence-corrected chi connectivity index (χ4v) is 3.51. The Kier molecular flexibility index (Phi) is 6.02. The minimum absolute atomic E-state index is 0.0583. The number of hydrogen-bond acceptors (Lipinski definition) is 7. The van der Waals surface area contributed by atoms with Crippen molar-refractivity contribution in [3.05, 3.63) is 28.8 Å². The van der Waals surface area contributed by atoms with Gasteiger partial charge in [0.2, 0.25) is 0 Å². The predicted octanol–water partition coefficient (Wildman–Crippen LogP) is 2.47. The topological polar surface area (TPSA) is 84.3 Å². The van der Waals surface area contributed by atoms with Crippen LogP contribution in [-0.4, -0.2) is 40.6 Å². The number of nitrogens with zero attached hydrogens (tertiary/aromatic N) is 2. The van der Waals surface area contributed by atoms with E-state index in [9.17, 15) is 9.90 Å². The molecule has 1 amide bonds. The van der Waals surface area contributed by atoms with Crippen LogP contribution >= 0.6 is 23.1 Å². The Labute approximate surface area is 136 Å². The molecule has 1 heterocycles. The number of thioether (sulfide) groups is 1. The monoisotopic (exact) mass is 339 g/mol. The highest BCUT2D eigenvalue weighted by atomic mass is 32.2. The van der Waals surface area contributed by atoms with Crippen LogP contribution in [0.2, 0.25) is 0 Å². The van der Waals surface area contributed by atoms with Gasteiger partial charge in [-0.25, -0.2) is 0 Å². The number of hydrogen-bond donors (Lipinski definition) is 2. The van der Waals surface area contributed by atoms with E-state index in [0.29, 0.717) is 12.3 Å². The summed E-state index contributed by atoms with van der Waals surface area (Å²) < 4.78 is 5.99. The lowest BCUT2D eigenvalue weighted by atomic mass is 10.1. The first-order valence-electron chi connectivity index (χ1n) is 6.68. The van der Waals surface area contributed by atoms with Gasteiger partial charge in [0, 0.05) is 12.3 Å². The molecular weight excluding hydrogens is 322 g/mol. The number of rotatable bonds is 7. The molecular formula is C14H17N3O3S2. The molecule has 0 aliphatic carbocycles. The van der Waals surface area contributed by atoms with Gasteiger partial charge in [0.25, 0.3) is 5.91 Å². The summed E-state index contributed by atoms with van der Waals surface area (Å²) >= 11 is 3.18. The second kappa shape index (κ2) is 8.00. The fraction of sp³-hybridized carbons (Fsp3) is 0.357. The quantitative estimate of drug-likeness (QED) is 0.595. The molecule has 8 heteroatoms. The molecule has 0 atom stereocenters. The van der Waals surface area contributed by atoms with Crippen molar-refractivity contribution in [2.24, 2.45) is 0 Å². The second-order valence-electron chi connectivity index (χ2n) is 4.43. The Hall–Kier alpha value is -1.80. The van der Waals surface area contributed by atoms with Crippen molar-refractivity contribution in [2.75, 3.05) is 19.4 Å². The molecule has 0 saturated carbocycles. The molecule has 22 heavy (non-hydrogen) atoms. The van der Waals surface area contributed by atoms with Crippen LogP contribution in [0, 0.1) is 6.92 Å². The molecule has 1 aromatic heterocycles. The minimum Gasteiger partial charge on any atom is -0.507 e. The molecule has 0 saturated heterocycles. The van der Waals surface area contributed by atoms with Gasteiger partial charge in [0.1, 0.15) is 16.5 Å². The number of methoxy groups -OCH3 is 1. The minimum atomic E-state index is -0.312. The third-order valence-corrected chi connectivity index (χ3v) is 4.85. The Morgan fingerprint density at radius 2 is 2.27 bits per heavy atom. The van der Waals surface area contributed by atoms with Crippen molar-refractivity contribution in [3.63, 3.8) is 0 Å². The molecule has 0 bridgehead atoms. The predicted molar refractivity (Wildman–Crippen MR) is 87.0 cm³/mol. The highest BCUT2D eigenvalue weighted by molar-refractivity contribution is 8.01. The number of aryl methyl sites for hydroxylation is 1. The van der Waals surface area contributed by atoms with Gasteiger partial charge in [-0.1, -0.05) is 23.1 Å². The molecule has 1 aromatic carbocycles. The number of phenols is 1. The SMILES string of the molecule is COc1ccc(O)c(C(=O)NCCCSc2nnc(C)s2)c1. The van der Waals surface area contributed by atoms with E-state index < -0.39 is 0 Å². The van der Waals surface area contributed by atoms with Gasteiger partial charge in [-0.15, -0.1) is 10.2 Å². The summed E-state index contributed by atoms with van der Waals surface area (Å²) in [6.07, 6.45) is 0.805. The maximum absolute atomic E-state index is 12.0. The molecule has 0 spiro atoms. The van der Waals surface area contributed by atoms with Crippen LogP contribution in [0.15, 0.2) is 22.5 Å². The average Bonchev–Trinajstić information content (AvgIpc) is 2.92. The van der Waals surface area contributed by atoms with Crippen LogP contribution in [0.5, 0.6) is 11.5 Å². The van der Waals surface area contributed by atoms with Crippen molar-refractivity contribution >= 4 is 29.0 Å². The normalized spacial score (nSPS) is 10.5. The van der Waals surface area contributed by atoms with Crippen LogP contribution < -0.4 is 10.1 Å². The van der Waals surface area contributed by atoms with Crippen LogP contribution in [0.4, 0.5) is 0 Å². The molecule has 0 aliphatic heterocycles. The Morgan fingerprint density at radius 1 is 1.45 bits per heavy atom. The Morgan fingerprint density at radius 3 is 2.95 bits per heavy atom. The van der Waals surface area contributed by atoms with E-state index >= 15 is 0 Å². The number of phenolic OH excluding ortho intramolecular Hbond substituents is 1. The maximum Gasteiger partial charge on any atom is 0.255 e. The van der Waals surface area contributed by atoms with Crippen LogP contribution in [0.25, 0.3) is 0 Å². The van der Waals surface area contributed by atoms with Crippen LogP contribution in [0.1, 0.15) is 21.8 Å². The maximum atomic E-state index is 12.0. The molecule has 2 rings (SSSR count). The fourth-order valence-electron chi connectivity index (χ4n) is 1.69. The number of carbonyl (C=O) groups is 1. The first-order valence-corrected chi connectivity index (χ1v) is 8.48. The molecule has 2 aromatic rings. The number of carbonyl (C=O) groups excluding carboxylic acids is 1. The molecule has 6 nitrogen and oxygen atoms in total. The van der Waals surface area contributed by atoms with Crippen molar-refractivity contribution in [2.45, 2.75) is 17.7 Å². The van der Waals surface area contributed by atoms with Crippen molar-refractivity contribution in [1.29, 1.82) is 0 Å². The van der Waals surface area contributed by atoms with Crippen molar-refractivity contribution in [1.82, 2.24) is 15.5 Å². The molecule has 0 radical (unpaired) electrons. The third-order valence-electron chi connectivity index (χ3n) is 2.79. The van der Waals surface area contributed by atoms with Gasteiger partial charge >= 0.3 is 0 Å². The first kappa shape index (κ1) is 16.6. The van der Waals surface area contributed by atoms with E-state index in [0.717, 1.165) is 21.5 Å². The highest BCUT2D eigenvalue weighted by Gasteiger charge is 2.11. The Bertz CT molecular complexity index is 646. The zero-order valence-electron chi connectivity index (χ0n) is 12.3. The number of aromatic nitrogens is 2. The van der Waals surface area contributed by atoms with Gasteiger partial charge in [-0.3, -0.25) is 4.79 Å². The first-order chi connectivity index (χ1) is 10.6. The highest BCUT2D eigenvalue weighted by Crippen LogP contribution is 2.23. The molecule has 0 unspecified atom stereocenters. The summed E-state index contributed by atoms with van der Waals surface area (Å²) in [7, 11) is 1.51. The van der Waals surface area contributed by atoms with Crippen LogP contribution in [-0.2, 0) is 0 Å². The smallest absolute Gasteiger partial charge is 0.255 e. The van der Waals surface area contributed by atoms with Gasteiger partial charge in [0.15, 0.2) is 4.34 Å². The number of ether oxygens (including phenoxy) is 1. The summed E-state index contributed by atoms with van der Waals surface area (Å²) in [5.41, 5.74) is 0.215. The summed E-state index contributed by atoms with van der Waals surface area (Å²) in [6.45, 7) is 2.45. The van der Waals surface area contributed by atoms with E-state index in [1.807, 2.05) is 6.92 Å². The lowest BCUT2D eigenvalue weighted by Crippen LogP contribution is -2.24. The molecule has 118 valence electrons. The largest absolute Gasteiger partial charge is 0.507 e. The summed E-state index contributed by atoms with van der Waals surface area (Å²) in [5, 5.41) is 21.4. The Balaban J connectivity index is 1.76. The third kappa shape index (κ3) is 4.60. The zero-order valence-corrected chi connectivity index (χ0v) is 14.0. The van der Waals surface area contributed by atoms with Gasteiger partial charge in [-0.05, 0) is 31.5 Å². The molecule has 2 N–H and O–H groups in total. The van der Waals surface area contributed by atoms with Gasteiger partial charge in [0.05, 0.1) is 12.7 Å². The summed E-state index contributed by atoms with van der Waals surface area (Å²) in [5.74, 6) is 1.01. The van der Waals surface area contributed by atoms with E-state index in [1.165, 1.54) is 19.2 Å². The van der Waals surface area contributed by atoms with E-state index in [1.54, 1.807) is 29.2 Å². The van der Waals surface area contributed by atoms with E-state index in [2.05, 4.69) is 15.5 Å².